The van der Waals surface area contributed by atoms with Gasteiger partial charge in [0.05, 0.1) is 0 Å². The van der Waals surface area contributed by atoms with Crippen LogP contribution < -0.4 is 22.1 Å². The van der Waals surface area contributed by atoms with E-state index in [2.05, 4.69) is 10.6 Å². The summed E-state index contributed by atoms with van der Waals surface area (Å²) in [6, 6.07) is 10.9. The fraction of sp³-hybridized carbons (Fsp3) is 0.400. The lowest BCUT2D eigenvalue weighted by atomic mass is 9.95. The molecule has 46 heavy (non-hydrogen) atoms. The van der Waals surface area contributed by atoms with Gasteiger partial charge in [-0.15, -0.1) is 0 Å². The van der Waals surface area contributed by atoms with Gasteiger partial charge in [-0.25, -0.2) is 4.79 Å². The molecule has 0 aliphatic heterocycles. The maximum Gasteiger partial charge on any atom is 0.490 e. The van der Waals surface area contributed by atoms with Crippen molar-refractivity contribution in [3.05, 3.63) is 65.2 Å². The molecule has 0 saturated heterocycles. The van der Waals surface area contributed by atoms with Gasteiger partial charge < -0.3 is 37.2 Å². The predicted octanol–water partition coefficient (Wildman–Crippen LogP) is 1.44. The molecule has 0 spiro atoms. The molecule has 252 valence electrons. The number of aromatic hydroxyl groups is 1. The topological polar surface area (TPSA) is 229 Å². The molecule has 0 heterocycles. The van der Waals surface area contributed by atoms with Crippen LogP contribution in [0.2, 0.25) is 0 Å². The molecule has 0 aromatic heterocycles. The molecule has 2 rings (SSSR count). The van der Waals surface area contributed by atoms with Gasteiger partial charge in [0.2, 0.25) is 23.6 Å². The molecule has 0 aliphatic carbocycles. The van der Waals surface area contributed by atoms with Gasteiger partial charge in [0.1, 0.15) is 29.6 Å². The van der Waals surface area contributed by atoms with Crippen molar-refractivity contribution < 1.29 is 47.4 Å². The number of nitrogens with one attached hydrogen (secondary N) is 3. The average molecular weight is 653 g/mol. The number of carboxylic acids is 1. The zero-order valence-electron chi connectivity index (χ0n) is 25.6. The Kier molecular flexibility index (Phi) is 15.2. The summed E-state index contributed by atoms with van der Waals surface area (Å²) in [6.07, 6.45) is -3.28. The molecule has 0 aliphatic rings. The van der Waals surface area contributed by atoms with Crippen LogP contribution in [0.3, 0.4) is 0 Å². The number of carbonyl (C=O) groups is 5. The standard InChI is InChI=1S/C28H38N6O5.C2HF3O2/c1-4-5-9-22(27(38)33-23(25(31)36)16-17-10-12-20(35)13-11-17)32-26(37)21(28(39)34(2)3)15-18-7-6-8-19(14-18)24(29)30;3-2(4,5)1(6)7/h6-8,10-14,21-23,35H,4-5,9,15-16H2,1-3H3,(H3,29,30)(H2,31,36)(H,32,37)(H,33,38);(H,6,7)/t21?,22?,23-;/m0./s1. The van der Waals surface area contributed by atoms with E-state index in [-0.39, 0.29) is 24.4 Å². The first-order valence-electron chi connectivity index (χ1n) is 14.0. The van der Waals surface area contributed by atoms with Crippen LogP contribution in [0.15, 0.2) is 48.5 Å². The van der Waals surface area contributed by atoms with Gasteiger partial charge in [-0.1, -0.05) is 50.1 Å². The van der Waals surface area contributed by atoms with Crippen LogP contribution in [0.5, 0.6) is 5.75 Å². The first-order valence-corrected chi connectivity index (χ1v) is 14.0. The second-order valence-corrected chi connectivity index (χ2v) is 10.4. The Morgan fingerprint density at radius 2 is 1.48 bits per heavy atom. The number of carboxylic acid groups (broad SMARTS) is 1. The third kappa shape index (κ3) is 13.2. The van der Waals surface area contributed by atoms with Crippen molar-refractivity contribution in [3.8, 4) is 5.75 Å². The van der Waals surface area contributed by atoms with Crippen LogP contribution >= 0.6 is 0 Å². The van der Waals surface area contributed by atoms with Crippen molar-refractivity contribution >= 4 is 35.4 Å². The smallest absolute Gasteiger partial charge is 0.490 e. The van der Waals surface area contributed by atoms with E-state index in [1.807, 2.05) is 6.92 Å². The second kappa shape index (κ2) is 18.0. The fourth-order valence-electron chi connectivity index (χ4n) is 4.02. The quantitative estimate of drug-likeness (QED) is 0.0895. The normalized spacial score (nSPS) is 12.7. The first kappa shape index (κ1) is 38.9. The lowest BCUT2D eigenvalue weighted by Gasteiger charge is -2.25. The summed E-state index contributed by atoms with van der Waals surface area (Å²) in [4.78, 5) is 62.0. The van der Waals surface area contributed by atoms with E-state index in [0.717, 1.165) is 6.42 Å². The number of amides is 4. The second-order valence-electron chi connectivity index (χ2n) is 10.4. The minimum atomic E-state index is -5.08. The number of nitrogens with two attached hydrogens (primary N) is 2. The Bertz CT molecular complexity index is 1380. The number of hydrogen-bond acceptors (Lipinski definition) is 7. The number of aliphatic carboxylic acids is 1. The summed E-state index contributed by atoms with van der Waals surface area (Å²) in [6.45, 7) is 1.94. The summed E-state index contributed by atoms with van der Waals surface area (Å²) in [5, 5.41) is 29.6. The number of phenols is 1. The van der Waals surface area contributed by atoms with E-state index >= 15 is 0 Å². The zero-order valence-corrected chi connectivity index (χ0v) is 25.6. The molecule has 0 fully saturated rings. The van der Waals surface area contributed by atoms with Crippen molar-refractivity contribution in [3.63, 3.8) is 0 Å². The highest BCUT2D eigenvalue weighted by Crippen LogP contribution is 2.16. The third-order valence-electron chi connectivity index (χ3n) is 6.49. The Morgan fingerprint density at radius 3 is 1.96 bits per heavy atom. The lowest BCUT2D eigenvalue weighted by Crippen LogP contribution is -2.55. The van der Waals surface area contributed by atoms with Crippen molar-refractivity contribution in [2.24, 2.45) is 17.4 Å². The maximum atomic E-state index is 13.4. The monoisotopic (exact) mass is 652 g/mol. The highest BCUT2D eigenvalue weighted by atomic mass is 19.4. The van der Waals surface area contributed by atoms with Gasteiger partial charge in [0.15, 0.2) is 0 Å². The highest BCUT2D eigenvalue weighted by molar-refractivity contribution is 6.02. The number of rotatable bonds is 14. The maximum absolute atomic E-state index is 13.4. The van der Waals surface area contributed by atoms with Crippen LogP contribution in [0.1, 0.15) is 42.9 Å². The molecular weight excluding hydrogens is 613 g/mol. The van der Waals surface area contributed by atoms with Crippen molar-refractivity contribution in [1.29, 1.82) is 5.41 Å². The number of amidine groups is 1. The molecule has 3 atom stereocenters. The fourth-order valence-corrected chi connectivity index (χ4v) is 4.02. The summed E-state index contributed by atoms with van der Waals surface area (Å²) in [5.74, 6) is -6.38. The number of benzene rings is 2. The largest absolute Gasteiger partial charge is 0.508 e. The summed E-state index contributed by atoms with van der Waals surface area (Å²) < 4.78 is 31.7. The van der Waals surface area contributed by atoms with Crippen molar-refractivity contribution in [2.45, 2.75) is 57.3 Å². The molecule has 0 bridgehead atoms. The van der Waals surface area contributed by atoms with Crippen LogP contribution in [0.25, 0.3) is 0 Å². The molecule has 2 unspecified atom stereocenters. The van der Waals surface area contributed by atoms with Gasteiger partial charge >= 0.3 is 12.1 Å². The number of nitrogen functional groups attached to an aromatic ring is 1. The van der Waals surface area contributed by atoms with E-state index < -0.39 is 53.8 Å². The number of primary amides is 1. The number of alkyl halides is 3. The molecule has 0 radical (unpaired) electrons. The van der Waals surface area contributed by atoms with Gasteiger partial charge in [-0.3, -0.25) is 24.6 Å². The first-order chi connectivity index (χ1) is 21.4. The SMILES string of the molecule is CCCCC(NC(=O)C(Cc1cccc(C(=N)N)c1)C(=O)N(C)C)C(=O)N[C@@H](Cc1ccc(O)cc1)C(N)=O.O=C(O)C(F)(F)F. The van der Waals surface area contributed by atoms with Crippen molar-refractivity contribution in [1.82, 2.24) is 15.5 Å². The molecule has 4 amide bonds. The van der Waals surface area contributed by atoms with E-state index in [1.54, 1.807) is 36.4 Å². The summed E-state index contributed by atoms with van der Waals surface area (Å²) >= 11 is 0. The molecular formula is C30H39F3N6O7. The Balaban J connectivity index is 0.00000135. The van der Waals surface area contributed by atoms with Crippen LogP contribution in [0, 0.1) is 11.3 Å². The number of nitrogens with zero attached hydrogens (tertiary/aromatic N) is 1. The Hall–Kier alpha value is -5.15. The summed E-state index contributed by atoms with van der Waals surface area (Å²) in [7, 11) is 3.08. The highest BCUT2D eigenvalue weighted by Gasteiger charge is 2.38. The molecule has 2 aromatic carbocycles. The van der Waals surface area contributed by atoms with Gasteiger partial charge in [-0.2, -0.15) is 13.2 Å². The number of hydrogen-bond donors (Lipinski definition) is 7. The average Bonchev–Trinajstić information content (AvgIpc) is 2.98. The Labute approximate surface area is 263 Å². The number of halogens is 3. The minimum absolute atomic E-state index is 0.0385. The molecule has 16 heteroatoms. The van der Waals surface area contributed by atoms with Crippen LogP contribution in [-0.2, 0) is 36.8 Å². The number of unbranched alkanes of at least 4 members (excludes halogenated alkanes) is 1. The molecule has 9 N–H and O–H groups in total. The van der Waals surface area contributed by atoms with Crippen LogP contribution in [0.4, 0.5) is 13.2 Å². The van der Waals surface area contributed by atoms with E-state index in [4.69, 9.17) is 26.8 Å². The van der Waals surface area contributed by atoms with Crippen molar-refractivity contribution in [2.75, 3.05) is 14.1 Å². The van der Waals surface area contributed by atoms with E-state index in [1.165, 1.54) is 31.1 Å². The van der Waals surface area contributed by atoms with E-state index in [0.29, 0.717) is 29.5 Å². The van der Waals surface area contributed by atoms with Gasteiger partial charge in [0.25, 0.3) is 0 Å². The van der Waals surface area contributed by atoms with E-state index in [9.17, 15) is 37.5 Å². The van der Waals surface area contributed by atoms with Crippen LogP contribution in [-0.4, -0.2) is 82.9 Å². The molecule has 2 aromatic rings. The number of phenolic OH excluding ortho intramolecular Hbond substituents is 1. The molecule has 0 saturated carbocycles. The molecule has 13 nitrogen and oxygen atoms in total. The summed E-state index contributed by atoms with van der Waals surface area (Å²) in [5.41, 5.74) is 12.9. The Morgan fingerprint density at radius 1 is 0.913 bits per heavy atom. The lowest BCUT2D eigenvalue weighted by molar-refractivity contribution is -0.192. The zero-order chi connectivity index (χ0) is 35.2. The van der Waals surface area contributed by atoms with Gasteiger partial charge in [0, 0.05) is 26.1 Å². The minimum Gasteiger partial charge on any atom is -0.508 e. The predicted molar refractivity (Wildman–Crippen MR) is 161 cm³/mol. The van der Waals surface area contributed by atoms with Gasteiger partial charge in [-0.05, 0) is 42.2 Å². The number of carbonyl (C=O) groups excluding carboxylic acids is 4. The third-order valence-corrected chi connectivity index (χ3v) is 6.49.